The summed E-state index contributed by atoms with van der Waals surface area (Å²) in [5, 5.41) is 0. The van der Waals surface area contributed by atoms with Crippen LogP contribution in [0.15, 0.2) is 36.9 Å². The van der Waals surface area contributed by atoms with Crippen molar-refractivity contribution in [2.45, 2.75) is 13.3 Å². The fraction of sp³-hybridized carbons (Fsp3) is 0.333. The van der Waals surface area contributed by atoms with Gasteiger partial charge in [0.2, 0.25) is 0 Å². The smallest absolute Gasteiger partial charge is 0.0363 e. The fourth-order valence-electron chi connectivity index (χ4n) is 1.24. The minimum Gasteiger partial charge on any atom is -0.375 e. The van der Waals surface area contributed by atoms with E-state index in [1.54, 1.807) is 0 Å². The maximum absolute atomic E-state index is 3.72. The summed E-state index contributed by atoms with van der Waals surface area (Å²) < 4.78 is 0. The van der Waals surface area contributed by atoms with E-state index in [2.05, 4.69) is 49.7 Å². The minimum absolute atomic E-state index is 0.954. The van der Waals surface area contributed by atoms with E-state index in [-0.39, 0.29) is 0 Å². The van der Waals surface area contributed by atoms with Crippen LogP contribution in [0.4, 0.5) is 5.69 Å². The van der Waals surface area contributed by atoms with Crippen molar-refractivity contribution < 1.29 is 0 Å². The monoisotopic (exact) mass is 175 g/mol. The Labute approximate surface area is 80.7 Å². The summed E-state index contributed by atoms with van der Waals surface area (Å²) in [6.45, 7) is 6.91. The molecule has 1 heteroatoms. The average Bonchev–Trinajstić information content (AvgIpc) is 2.18. The zero-order chi connectivity index (χ0) is 9.68. The molecule has 1 aromatic rings. The first-order chi connectivity index (χ1) is 6.27. The highest BCUT2D eigenvalue weighted by Crippen LogP contribution is 2.13. The molecule has 13 heavy (non-hydrogen) atoms. The van der Waals surface area contributed by atoms with Crippen LogP contribution in [-0.2, 0) is 6.42 Å². The Morgan fingerprint density at radius 3 is 2.38 bits per heavy atom. The SMILES string of the molecule is C=CCc1ccc(N(C)CC)cc1. The molecule has 0 N–H and O–H groups in total. The lowest BCUT2D eigenvalue weighted by Crippen LogP contribution is -2.15. The normalized spacial score (nSPS) is 9.69. The van der Waals surface area contributed by atoms with E-state index in [1.807, 2.05) is 6.08 Å². The van der Waals surface area contributed by atoms with Gasteiger partial charge in [0.05, 0.1) is 0 Å². The summed E-state index contributed by atoms with van der Waals surface area (Å²) in [5.74, 6) is 0. The van der Waals surface area contributed by atoms with Crippen LogP contribution in [0.1, 0.15) is 12.5 Å². The molecule has 0 aromatic heterocycles. The Hall–Kier alpha value is -1.24. The molecule has 0 aliphatic rings. The molecule has 0 atom stereocenters. The van der Waals surface area contributed by atoms with Gasteiger partial charge in [-0.25, -0.2) is 0 Å². The molecule has 0 heterocycles. The Bertz CT molecular complexity index is 261. The Balaban J connectivity index is 2.74. The Morgan fingerprint density at radius 1 is 1.31 bits per heavy atom. The molecular formula is C12H17N. The van der Waals surface area contributed by atoms with Gasteiger partial charge in [-0.1, -0.05) is 18.2 Å². The van der Waals surface area contributed by atoms with E-state index in [0.29, 0.717) is 0 Å². The molecule has 0 spiro atoms. The Kier molecular flexibility index (Phi) is 3.56. The molecule has 0 bridgehead atoms. The number of allylic oxidation sites excluding steroid dienone is 1. The lowest BCUT2D eigenvalue weighted by atomic mass is 10.1. The van der Waals surface area contributed by atoms with Crippen molar-refractivity contribution in [1.82, 2.24) is 0 Å². The minimum atomic E-state index is 0.954. The molecule has 1 nitrogen and oxygen atoms in total. The van der Waals surface area contributed by atoms with E-state index in [0.717, 1.165) is 13.0 Å². The lowest BCUT2D eigenvalue weighted by Gasteiger charge is -2.16. The topological polar surface area (TPSA) is 3.24 Å². The van der Waals surface area contributed by atoms with Gasteiger partial charge in [-0.2, -0.15) is 0 Å². The molecule has 70 valence electrons. The average molecular weight is 175 g/mol. The van der Waals surface area contributed by atoms with E-state index >= 15 is 0 Å². The molecule has 0 unspecified atom stereocenters. The molecule has 1 rings (SSSR count). The van der Waals surface area contributed by atoms with Crippen molar-refractivity contribution in [3.63, 3.8) is 0 Å². The number of rotatable bonds is 4. The van der Waals surface area contributed by atoms with Gasteiger partial charge in [0, 0.05) is 19.3 Å². The van der Waals surface area contributed by atoms with Gasteiger partial charge < -0.3 is 4.90 Å². The maximum Gasteiger partial charge on any atom is 0.0363 e. The maximum atomic E-state index is 3.72. The summed E-state index contributed by atoms with van der Waals surface area (Å²) in [7, 11) is 2.10. The zero-order valence-electron chi connectivity index (χ0n) is 8.46. The predicted molar refractivity (Wildman–Crippen MR) is 59.3 cm³/mol. The quantitative estimate of drug-likeness (QED) is 0.636. The largest absolute Gasteiger partial charge is 0.375 e. The zero-order valence-corrected chi connectivity index (χ0v) is 8.46. The number of benzene rings is 1. The highest BCUT2D eigenvalue weighted by Gasteiger charge is 1.96. The van der Waals surface area contributed by atoms with Crippen LogP contribution in [0.25, 0.3) is 0 Å². The van der Waals surface area contributed by atoms with E-state index in [1.165, 1.54) is 11.3 Å². The van der Waals surface area contributed by atoms with E-state index in [9.17, 15) is 0 Å². The van der Waals surface area contributed by atoms with Gasteiger partial charge in [0.1, 0.15) is 0 Å². The van der Waals surface area contributed by atoms with Crippen molar-refractivity contribution in [2.24, 2.45) is 0 Å². The number of anilines is 1. The van der Waals surface area contributed by atoms with Crippen LogP contribution in [0.2, 0.25) is 0 Å². The second-order valence-electron chi connectivity index (χ2n) is 3.17. The third-order valence-electron chi connectivity index (χ3n) is 2.23. The van der Waals surface area contributed by atoms with Crippen LogP contribution in [0.3, 0.4) is 0 Å². The van der Waals surface area contributed by atoms with Gasteiger partial charge in [-0.05, 0) is 31.0 Å². The molecule has 0 fully saturated rings. The first-order valence-electron chi connectivity index (χ1n) is 4.69. The van der Waals surface area contributed by atoms with Crippen LogP contribution in [0, 0.1) is 0 Å². The van der Waals surface area contributed by atoms with Crippen LogP contribution < -0.4 is 4.90 Å². The molecule has 0 saturated carbocycles. The van der Waals surface area contributed by atoms with Crippen molar-refractivity contribution >= 4 is 5.69 Å². The summed E-state index contributed by atoms with van der Waals surface area (Å²) in [5.41, 5.74) is 2.60. The van der Waals surface area contributed by atoms with Crippen molar-refractivity contribution in [3.8, 4) is 0 Å². The van der Waals surface area contributed by atoms with Crippen LogP contribution in [0.5, 0.6) is 0 Å². The van der Waals surface area contributed by atoms with Gasteiger partial charge in [-0.15, -0.1) is 6.58 Å². The fourth-order valence-corrected chi connectivity index (χ4v) is 1.24. The van der Waals surface area contributed by atoms with E-state index in [4.69, 9.17) is 0 Å². The van der Waals surface area contributed by atoms with Crippen molar-refractivity contribution in [1.29, 1.82) is 0 Å². The first-order valence-corrected chi connectivity index (χ1v) is 4.69. The van der Waals surface area contributed by atoms with Crippen molar-refractivity contribution in [2.75, 3.05) is 18.5 Å². The van der Waals surface area contributed by atoms with Crippen LogP contribution >= 0.6 is 0 Å². The van der Waals surface area contributed by atoms with Gasteiger partial charge in [0.25, 0.3) is 0 Å². The van der Waals surface area contributed by atoms with Gasteiger partial charge in [-0.3, -0.25) is 0 Å². The first kappa shape index (κ1) is 9.85. The van der Waals surface area contributed by atoms with E-state index < -0.39 is 0 Å². The van der Waals surface area contributed by atoms with Crippen LogP contribution in [-0.4, -0.2) is 13.6 Å². The highest BCUT2D eigenvalue weighted by molar-refractivity contribution is 5.46. The molecule has 0 radical (unpaired) electrons. The lowest BCUT2D eigenvalue weighted by molar-refractivity contribution is 0.967. The van der Waals surface area contributed by atoms with Gasteiger partial charge in [0.15, 0.2) is 0 Å². The molecule has 1 aromatic carbocycles. The third kappa shape index (κ3) is 2.62. The summed E-state index contributed by atoms with van der Waals surface area (Å²) in [6, 6.07) is 8.62. The summed E-state index contributed by atoms with van der Waals surface area (Å²) in [4.78, 5) is 2.22. The van der Waals surface area contributed by atoms with Crippen molar-refractivity contribution in [3.05, 3.63) is 42.5 Å². The summed E-state index contributed by atoms with van der Waals surface area (Å²) >= 11 is 0. The number of hydrogen-bond donors (Lipinski definition) is 0. The van der Waals surface area contributed by atoms with Gasteiger partial charge >= 0.3 is 0 Å². The molecule has 0 saturated heterocycles. The Morgan fingerprint density at radius 2 is 1.92 bits per heavy atom. The molecular weight excluding hydrogens is 158 g/mol. The summed E-state index contributed by atoms with van der Waals surface area (Å²) in [6.07, 6.45) is 2.88. The highest BCUT2D eigenvalue weighted by atomic mass is 15.1. The third-order valence-corrected chi connectivity index (χ3v) is 2.23. The number of nitrogens with zero attached hydrogens (tertiary/aromatic N) is 1. The number of hydrogen-bond acceptors (Lipinski definition) is 1. The second kappa shape index (κ2) is 4.70. The molecule has 0 amide bonds. The second-order valence-corrected chi connectivity index (χ2v) is 3.17. The molecule has 0 aliphatic heterocycles. The predicted octanol–water partition coefficient (Wildman–Crippen LogP) is 2.87. The standard InChI is InChI=1S/C12H17N/c1-4-6-11-7-9-12(10-8-11)13(3)5-2/h4,7-10H,1,5-6H2,2-3H3. The molecule has 0 aliphatic carbocycles.